The number of anilines is 2. The summed E-state index contributed by atoms with van der Waals surface area (Å²) >= 11 is 0. The zero-order valence-corrected chi connectivity index (χ0v) is 13.8. The van der Waals surface area contributed by atoms with Gasteiger partial charge in [-0.1, -0.05) is 0 Å². The van der Waals surface area contributed by atoms with Gasteiger partial charge in [-0.2, -0.15) is 13.2 Å². The van der Waals surface area contributed by atoms with Gasteiger partial charge in [0.1, 0.15) is 0 Å². The lowest BCUT2D eigenvalue weighted by Crippen LogP contribution is -2.05. The predicted octanol–water partition coefficient (Wildman–Crippen LogP) is 4.40. The van der Waals surface area contributed by atoms with Gasteiger partial charge >= 0.3 is 6.18 Å². The molecule has 1 N–H and O–H groups in total. The van der Waals surface area contributed by atoms with Crippen molar-refractivity contribution in [3.05, 3.63) is 60.3 Å². The van der Waals surface area contributed by atoms with Crippen LogP contribution in [0.2, 0.25) is 0 Å². The highest BCUT2D eigenvalue weighted by Gasteiger charge is 2.30. The number of nitrogens with zero attached hydrogens (tertiary/aromatic N) is 1. The van der Waals surface area contributed by atoms with E-state index in [9.17, 15) is 21.6 Å². The Morgan fingerprint density at radius 2 is 1.68 bits per heavy atom. The lowest BCUT2D eigenvalue weighted by atomic mass is 10.1. The van der Waals surface area contributed by atoms with Crippen molar-refractivity contribution in [1.29, 1.82) is 0 Å². The van der Waals surface area contributed by atoms with Crippen LogP contribution >= 0.6 is 0 Å². The smallest absolute Gasteiger partial charge is 0.355 e. The third-order valence-electron chi connectivity index (χ3n) is 3.63. The van der Waals surface area contributed by atoms with Crippen LogP contribution in [0.4, 0.5) is 24.5 Å². The van der Waals surface area contributed by atoms with Crippen LogP contribution in [-0.4, -0.2) is 19.7 Å². The Morgan fingerprint density at radius 1 is 1.00 bits per heavy atom. The van der Waals surface area contributed by atoms with Crippen LogP contribution in [0.25, 0.3) is 10.9 Å². The van der Waals surface area contributed by atoms with Crippen LogP contribution in [-0.2, 0) is 16.0 Å². The van der Waals surface area contributed by atoms with Crippen LogP contribution in [0.3, 0.4) is 0 Å². The van der Waals surface area contributed by atoms with Crippen molar-refractivity contribution >= 4 is 32.1 Å². The van der Waals surface area contributed by atoms with Crippen LogP contribution in [0.1, 0.15) is 5.56 Å². The lowest BCUT2D eigenvalue weighted by Gasteiger charge is -2.12. The van der Waals surface area contributed by atoms with E-state index < -0.39 is 21.6 Å². The van der Waals surface area contributed by atoms with Crippen molar-refractivity contribution in [2.24, 2.45) is 0 Å². The Labute approximate surface area is 142 Å². The number of nitrogens with one attached hydrogen (secondary N) is 1. The molecule has 0 unspecified atom stereocenters. The number of hydrogen-bond acceptors (Lipinski definition) is 4. The highest BCUT2D eigenvalue weighted by Crippen LogP contribution is 2.33. The molecule has 25 heavy (non-hydrogen) atoms. The molecule has 0 radical (unpaired) electrons. The highest BCUT2D eigenvalue weighted by atomic mass is 32.2. The molecule has 0 saturated carbocycles. The van der Waals surface area contributed by atoms with Crippen molar-refractivity contribution in [2.75, 3.05) is 11.6 Å². The molecule has 8 heteroatoms. The summed E-state index contributed by atoms with van der Waals surface area (Å²) < 4.78 is 61.7. The molecule has 0 fully saturated rings. The molecule has 0 saturated heterocycles. The molecule has 0 aliphatic carbocycles. The minimum Gasteiger partial charge on any atom is -0.355 e. The van der Waals surface area contributed by atoms with Crippen molar-refractivity contribution in [3.8, 4) is 0 Å². The summed E-state index contributed by atoms with van der Waals surface area (Å²) in [5.74, 6) is 0. The first-order valence-corrected chi connectivity index (χ1v) is 9.07. The first-order valence-electron chi connectivity index (χ1n) is 7.18. The summed E-state index contributed by atoms with van der Waals surface area (Å²) in [6.45, 7) is 0. The maximum Gasteiger partial charge on any atom is 0.416 e. The summed E-state index contributed by atoms with van der Waals surface area (Å²) in [5, 5.41) is 3.33. The van der Waals surface area contributed by atoms with E-state index in [-0.39, 0.29) is 4.90 Å². The van der Waals surface area contributed by atoms with Crippen LogP contribution in [0.5, 0.6) is 0 Å². The van der Waals surface area contributed by atoms with E-state index in [0.717, 1.165) is 18.4 Å². The zero-order chi connectivity index (χ0) is 18.2. The topological polar surface area (TPSA) is 59.1 Å². The summed E-state index contributed by atoms with van der Waals surface area (Å²) in [6, 6.07) is 10.9. The molecule has 4 nitrogen and oxygen atoms in total. The van der Waals surface area contributed by atoms with Crippen molar-refractivity contribution in [2.45, 2.75) is 11.1 Å². The van der Waals surface area contributed by atoms with E-state index >= 15 is 0 Å². The molecule has 0 atom stereocenters. The second-order valence-electron chi connectivity index (χ2n) is 5.51. The molecule has 0 spiro atoms. The van der Waals surface area contributed by atoms with Crippen LogP contribution in [0.15, 0.2) is 59.6 Å². The summed E-state index contributed by atoms with van der Waals surface area (Å²) in [6.07, 6.45) is -1.86. The molecule has 3 aromatic rings. The quantitative estimate of drug-likeness (QED) is 0.746. The van der Waals surface area contributed by atoms with E-state index in [4.69, 9.17) is 0 Å². The fraction of sp³-hybridized carbons (Fsp3) is 0.118. The fourth-order valence-electron chi connectivity index (χ4n) is 2.37. The maximum atomic E-state index is 12.9. The minimum atomic E-state index is -4.45. The van der Waals surface area contributed by atoms with Gasteiger partial charge in [0.2, 0.25) is 0 Å². The SMILES string of the molecule is CS(=O)(=O)c1ccc(Nc2ccnc3ccc(C(F)(F)F)cc23)cc1. The summed E-state index contributed by atoms with van der Waals surface area (Å²) in [4.78, 5) is 4.23. The molecule has 1 aromatic heterocycles. The number of halogens is 3. The lowest BCUT2D eigenvalue weighted by molar-refractivity contribution is -0.137. The number of sulfone groups is 1. The van der Waals surface area contributed by atoms with E-state index in [1.54, 1.807) is 18.2 Å². The van der Waals surface area contributed by atoms with Gasteiger partial charge in [-0.05, 0) is 48.5 Å². The summed E-state index contributed by atoms with van der Waals surface area (Å²) in [5.41, 5.74) is 0.662. The molecule has 0 aliphatic heterocycles. The standard InChI is InChI=1S/C17H13F3N2O2S/c1-25(23,24)13-5-3-12(4-6-13)22-16-8-9-21-15-7-2-11(10-14(15)16)17(18,19)20/h2-10H,1H3,(H,21,22). The predicted molar refractivity (Wildman–Crippen MR) is 89.6 cm³/mol. The average molecular weight is 366 g/mol. The average Bonchev–Trinajstić information content (AvgIpc) is 2.53. The molecular formula is C17H13F3N2O2S. The molecule has 0 amide bonds. The fourth-order valence-corrected chi connectivity index (χ4v) is 3.00. The van der Waals surface area contributed by atoms with Gasteiger partial charge in [0.15, 0.2) is 9.84 Å². The zero-order valence-electron chi connectivity index (χ0n) is 13.0. The Morgan fingerprint density at radius 3 is 2.28 bits per heavy atom. The molecule has 1 heterocycles. The van der Waals surface area contributed by atoms with Crippen molar-refractivity contribution < 1.29 is 21.6 Å². The van der Waals surface area contributed by atoms with Crippen molar-refractivity contribution in [3.63, 3.8) is 0 Å². The Balaban J connectivity index is 2.01. The second kappa shape index (κ2) is 6.03. The highest BCUT2D eigenvalue weighted by molar-refractivity contribution is 7.90. The van der Waals surface area contributed by atoms with E-state index in [1.807, 2.05) is 0 Å². The first-order chi connectivity index (χ1) is 11.6. The monoisotopic (exact) mass is 366 g/mol. The van der Waals surface area contributed by atoms with Gasteiger partial charge in [0.25, 0.3) is 0 Å². The minimum absolute atomic E-state index is 0.164. The van der Waals surface area contributed by atoms with Gasteiger partial charge in [0, 0.05) is 29.2 Å². The first kappa shape index (κ1) is 17.2. The van der Waals surface area contributed by atoms with Crippen LogP contribution in [0, 0.1) is 0 Å². The largest absolute Gasteiger partial charge is 0.416 e. The molecule has 0 bridgehead atoms. The summed E-state index contributed by atoms with van der Waals surface area (Å²) in [7, 11) is -3.31. The Bertz CT molecular complexity index is 1030. The number of rotatable bonds is 3. The third-order valence-corrected chi connectivity index (χ3v) is 4.76. The van der Waals surface area contributed by atoms with Gasteiger partial charge in [0.05, 0.1) is 16.0 Å². The van der Waals surface area contributed by atoms with Crippen molar-refractivity contribution in [1.82, 2.24) is 4.98 Å². The number of hydrogen-bond donors (Lipinski definition) is 1. The van der Waals surface area contributed by atoms with Gasteiger partial charge in [-0.15, -0.1) is 0 Å². The van der Waals surface area contributed by atoms with E-state index in [0.29, 0.717) is 22.3 Å². The van der Waals surface area contributed by atoms with E-state index in [1.165, 1.54) is 24.4 Å². The van der Waals surface area contributed by atoms with Gasteiger partial charge < -0.3 is 5.32 Å². The molecule has 0 aliphatic rings. The van der Waals surface area contributed by atoms with E-state index in [2.05, 4.69) is 10.3 Å². The number of fused-ring (bicyclic) bond motifs is 1. The van der Waals surface area contributed by atoms with Crippen LogP contribution < -0.4 is 5.32 Å². The maximum absolute atomic E-state index is 12.9. The number of alkyl halides is 3. The normalized spacial score (nSPS) is 12.3. The van der Waals surface area contributed by atoms with Gasteiger partial charge in [-0.25, -0.2) is 8.42 Å². The Kier molecular flexibility index (Phi) is 4.16. The number of benzene rings is 2. The Hall–Kier alpha value is -2.61. The molecular weight excluding hydrogens is 353 g/mol. The third kappa shape index (κ3) is 3.74. The molecule has 2 aromatic carbocycles. The molecule has 130 valence electrons. The number of aromatic nitrogens is 1. The molecule has 3 rings (SSSR count). The second-order valence-corrected chi connectivity index (χ2v) is 7.53. The van der Waals surface area contributed by atoms with Gasteiger partial charge in [-0.3, -0.25) is 4.98 Å². The number of pyridine rings is 1.